The SMILES string of the molecule is Cc1ccc(C(=O)Nc2ccccc2N2CCC(C(N)=O)CC2)cc1S(=O)(=O)N1CCOCC1. The van der Waals surface area contributed by atoms with Gasteiger partial charge in [0.2, 0.25) is 15.9 Å². The molecular weight excluding hydrogens is 456 g/mol. The van der Waals surface area contributed by atoms with E-state index in [9.17, 15) is 18.0 Å². The maximum atomic E-state index is 13.2. The lowest BCUT2D eigenvalue weighted by molar-refractivity contribution is -0.122. The standard InChI is InChI=1S/C24H30N4O5S/c1-17-6-7-19(16-22(17)34(31,32)28-12-14-33-15-13-28)24(30)26-20-4-2-3-5-21(20)27-10-8-18(9-11-27)23(25)29/h2-7,16,18H,8-15H2,1H3,(H2,25,29)(H,26,30). The van der Waals surface area contributed by atoms with Crippen LogP contribution in [0.2, 0.25) is 0 Å². The number of sulfonamides is 1. The molecule has 0 atom stereocenters. The number of carbonyl (C=O) groups excluding carboxylic acids is 2. The van der Waals surface area contributed by atoms with Gasteiger partial charge >= 0.3 is 0 Å². The Labute approximate surface area is 199 Å². The molecule has 2 heterocycles. The highest BCUT2D eigenvalue weighted by atomic mass is 32.2. The number of para-hydroxylation sites is 2. The van der Waals surface area contributed by atoms with Crippen molar-refractivity contribution in [3.8, 4) is 0 Å². The summed E-state index contributed by atoms with van der Waals surface area (Å²) >= 11 is 0. The molecule has 0 radical (unpaired) electrons. The lowest BCUT2D eigenvalue weighted by Gasteiger charge is -2.33. The molecule has 4 rings (SSSR count). The number of hydrogen-bond donors (Lipinski definition) is 2. The van der Waals surface area contributed by atoms with Crippen molar-refractivity contribution in [1.29, 1.82) is 0 Å². The molecule has 0 bridgehead atoms. The molecule has 2 aliphatic rings. The van der Waals surface area contributed by atoms with Crippen LogP contribution in [0.5, 0.6) is 0 Å². The van der Waals surface area contributed by atoms with Gasteiger partial charge in [0.1, 0.15) is 0 Å². The summed E-state index contributed by atoms with van der Waals surface area (Å²) in [6.45, 7) is 4.33. The quantitative estimate of drug-likeness (QED) is 0.644. The van der Waals surface area contributed by atoms with Crippen LogP contribution in [-0.2, 0) is 19.6 Å². The van der Waals surface area contributed by atoms with Crippen molar-refractivity contribution < 1.29 is 22.7 Å². The minimum absolute atomic E-state index is 0.127. The molecule has 2 amide bonds. The van der Waals surface area contributed by atoms with E-state index in [-0.39, 0.29) is 35.4 Å². The monoisotopic (exact) mass is 486 g/mol. The van der Waals surface area contributed by atoms with Gasteiger partial charge in [-0.2, -0.15) is 4.31 Å². The van der Waals surface area contributed by atoms with Crippen LogP contribution in [0.3, 0.4) is 0 Å². The largest absolute Gasteiger partial charge is 0.379 e. The number of aryl methyl sites for hydroxylation is 1. The predicted molar refractivity (Wildman–Crippen MR) is 129 cm³/mol. The van der Waals surface area contributed by atoms with E-state index in [0.29, 0.717) is 50.4 Å². The Morgan fingerprint density at radius 3 is 2.38 bits per heavy atom. The van der Waals surface area contributed by atoms with E-state index in [1.54, 1.807) is 19.1 Å². The van der Waals surface area contributed by atoms with Crippen molar-refractivity contribution in [2.24, 2.45) is 11.7 Å². The molecule has 0 aliphatic carbocycles. The Morgan fingerprint density at radius 2 is 1.71 bits per heavy atom. The van der Waals surface area contributed by atoms with Gasteiger partial charge in [0.05, 0.1) is 29.5 Å². The zero-order valence-electron chi connectivity index (χ0n) is 19.2. The molecule has 0 unspecified atom stereocenters. The molecular formula is C24H30N4O5S. The first kappa shape index (κ1) is 24.2. The number of morpholine rings is 1. The average Bonchev–Trinajstić information content (AvgIpc) is 2.85. The number of ether oxygens (including phenoxy) is 1. The van der Waals surface area contributed by atoms with Crippen LogP contribution in [-0.4, -0.2) is 63.9 Å². The second-order valence-corrected chi connectivity index (χ2v) is 10.5. The van der Waals surface area contributed by atoms with E-state index in [1.807, 2.05) is 24.3 Å². The van der Waals surface area contributed by atoms with E-state index in [1.165, 1.54) is 10.4 Å². The molecule has 0 spiro atoms. The van der Waals surface area contributed by atoms with Gasteiger partial charge in [-0.15, -0.1) is 0 Å². The van der Waals surface area contributed by atoms with Gasteiger partial charge in [-0.05, 0) is 49.6 Å². The Kier molecular flexibility index (Phi) is 7.20. The molecule has 3 N–H and O–H groups in total. The third-order valence-electron chi connectivity index (χ3n) is 6.43. The number of benzene rings is 2. The highest BCUT2D eigenvalue weighted by Gasteiger charge is 2.29. The fourth-order valence-electron chi connectivity index (χ4n) is 4.40. The number of hydrogen-bond acceptors (Lipinski definition) is 6. The number of nitrogens with one attached hydrogen (secondary N) is 1. The van der Waals surface area contributed by atoms with Crippen LogP contribution in [0.4, 0.5) is 11.4 Å². The van der Waals surface area contributed by atoms with Crippen molar-refractivity contribution in [1.82, 2.24) is 4.31 Å². The molecule has 2 fully saturated rings. The first-order chi connectivity index (χ1) is 16.3. The summed E-state index contributed by atoms with van der Waals surface area (Å²) in [5.74, 6) is -0.793. The van der Waals surface area contributed by atoms with Crippen LogP contribution in [0.25, 0.3) is 0 Å². The fourth-order valence-corrected chi connectivity index (χ4v) is 6.06. The van der Waals surface area contributed by atoms with Gasteiger partial charge in [0, 0.05) is 37.7 Å². The van der Waals surface area contributed by atoms with Gasteiger partial charge in [-0.1, -0.05) is 18.2 Å². The van der Waals surface area contributed by atoms with E-state index < -0.39 is 15.9 Å². The van der Waals surface area contributed by atoms with Crippen LogP contribution in [0.15, 0.2) is 47.4 Å². The molecule has 34 heavy (non-hydrogen) atoms. The van der Waals surface area contributed by atoms with Crippen molar-refractivity contribution >= 4 is 33.2 Å². The zero-order valence-corrected chi connectivity index (χ0v) is 20.0. The molecule has 9 nitrogen and oxygen atoms in total. The van der Waals surface area contributed by atoms with Gasteiger partial charge in [-0.3, -0.25) is 9.59 Å². The summed E-state index contributed by atoms with van der Waals surface area (Å²) in [7, 11) is -3.73. The number of carbonyl (C=O) groups is 2. The topological polar surface area (TPSA) is 122 Å². The number of amides is 2. The third-order valence-corrected chi connectivity index (χ3v) is 8.47. The summed E-state index contributed by atoms with van der Waals surface area (Å²) in [6.07, 6.45) is 1.33. The second kappa shape index (κ2) is 10.1. The van der Waals surface area contributed by atoms with Gasteiger partial charge in [-0.25, -0.2) is 8.42 Å². The van der Waals surface area contributed by atoms with Crippen molar-refractivity contribution in [3.05, 3.63) is 53.6 Å². The molecule has 0 saturated carbocycles. The third kappa shape index (κ3) is 5.08. The first-order valence-corrected chi connectivity index (χ1v) is 12.8. The summed E-state index contributed by atoms with van der Waals surface area (Å²) in [4.78, 5) is 26.9. The van der Waals surface area contributed by atoms with E-state index in [0.717, 1.165) is 5.69 Å². The van der Waals surface area contributed by atoms with Crippen molar-refractivity contribution in [3.63, 3.8) is 0 Å². The Hall–Kier alpha value is -2.95. The number of rotatable bonds is 6. The lowest BCUT2D eigenvalue weighted by Crippen LogP contribution is -2.40. The number of nitrogens with zero attached hydrogens (tertiary/aromatic N) is 2. The highest BCUT2D eigenvalue weighted by Crippen LogP contribution is 2.30. The molecule has 10 heteroatoms. The number of anilines is 2. The lowest BCUT2D eigenvalue weighted by atomic mass is 9.96. The van der Waals surface area contributed by atoms with Gasteiger partial charge < -0.3 is 20.7 Å². The van der Waals surface area contributed by atoms with E-state index in [4.69, 9.17) is 10.5 Å². The Balaban J connectivity index is 1.54. The molecule has 2 aromatic rings. The summed E-state index contributed by atoms with van der Waals surface area (Å²) < 4.78 is 33.0. The normalized spacial score (nSPS) is 18.0. The first-order valence-electron chi connectivity index (χ1n) is 11.4. The predicted octanol–water partition coefficient (Wildman–Crippen LogP) is 1.97. The molecule has 2 aliphatic heterocycles. The molecule has 2 saturated heterocycles. The Morgan fingerprint density at radius 1 is 1.03 bits per heavy atom. The van der Waals surface area contributed by atoms with Gasteiger partial charge in [0.25, 0.3) is 5.91 Å². The Bertz CT molecular complexity index is 1170. The second-order valence-electron chi connectivity index (χ2n) is 8.63. The van der Waals surface area contributed by atoms with Crippen LogP contribution >= 0.6 is 0 Å². The highest BCUT2D eigenvalue weighted by molar-refractivity contribution is 7.89. The number of nitrogens with two attached hydrogens (primary N) is 1. The van der Waals surface area contributed by atoms with Crippen molar-refractivity contribution in [2.45, 2.75) is 24.7 Å². The molecule has 182 valence electrons. The van der Waals surface area contributed by atoms with Crippen LogP contribution < -0.4 is 16.0 Å². The minimum atomic E-state index is -3.73. The van der Waals surface area contributed by atoms with Gasteiger partial charge in [0.15, 0.2) is 0 Å². The van der Waals surface area contributed by atoms with E-state index in [2.05, 4.69) is 10.2 Å². The van der Waals surface area contributed by atoms with E-state index >= 15 is 0 Å². The summed E-state index contributed by atoms with van der Waals surface area (Å²) in [5, 5.41) is 2.94. The molecule has 0 aromatic heterocycles. The maximum Gasteiger partial charge on any atom is 0.255 e. The van der Waals surface area contributed by atoms with Crippen LogP contribution in [0, 0.1) is 12.8 Å². The average molecular weight is 487 g/mol. The summed E-state index contributed by atoms with van der Waals surface area (Å²) in [6, 6.07) is 12.2. The molecule has 2 aromatic carbocycles. The smallest absolute Gasteiger partial charge is 0.255 e. The number of primary amides is 1. The fraction of sp³-hybridized carbons (Fsp3) is 0.417. The maximum absolute atomic E-state index is 13.2. The van der Waals surface area contributed by atoms with Crippen molar-refractivity contribution in [2.75, 3.05) is 49.6 Å². The van der Waals surface area contributed by atoms with Crippen LogP contribution in [0.1, 0.15) is 28.8 Å². The minimum Gasteiger partial charge on any atom is -0.379 e. The number of piperidine rings is 1. The summed E-state index contributed by atoms with van der Waals surface area (Å²) in [5.41, 5.74) is 7.78. The zero-order chi connectivity index (χ0) is 24.3.